The quantitative estimate of drug-likeness (QED) is 0.449. The summed E-state index contributed by atoms with van der Waals surface area (Å²) in [4.78, 5) is 54.2. The van der Waals surface area contributed by atoms with Crippen LogP contribution >= 0.6 is 0 Å². The van der Waals surface area contributed by atoms with Gasteiger partial charge in [-0.2, -0.15) is 0 Å². The van der Waals surface area contributed by atoms with E-state index in [-0.39, 0.29) is 43.2 Å². The molecule has 1 aromatic carbocycles. The van der Waals surface area contributed by atoms with Crippen molar-refractivity contribution in [2.24, 2.45) is 0 Å². The number of carbonyl (C=O) groups is 4. The fourth-order valence-corrected chi connectivity index (χ4v) is 3.62. The van der Waals surface area contributed by atoms with E-state index in [2.05, 4.69) is 0 Å². The minimum Gasteiger partial charge on any atom is -0.382 e. The third-order valence-corrected chi connectivity index (χ3v) is 5.29. The Morgan fingerprint density at radius 1 is 0.900 bits per heavy atom. The number of methoxy groups -OCH3 is 1. The molecule has 0 N–H and O–H groups in total. The van der Waals surface area contributed by atoms with Gasteiger partial charge in [0.1, 0.15) is 6.61 Å². The molecule has 0 unspecified atom stereocenters. The van der Waals surface area contributed by atoms with Gasteiger partial charge in [-0.3, -0.25) is 24.1 Å². The molecule has 0 saturated carbocycles. The van der Waals surface area contributed by atoms with Gasteiger partial charge in [-0.1, -0.05) is 12.1 Å². The van der Waals surface area contributed by atoms with Crippen molar-refractivity contribution in [2.45, 2.75) is 12.8 Å². The number of nitrogens with zero attached hydrogens (tertiary/aromatic N) is 3. The third-order valence-electron chi connectivity index (χ3n) is 5.29. The molecular formula is C21H27N3O6. The van der Waals surface area contributed by atoms with Crippen molar-refractivity contribution in [3.05, 3.63) is 35.4 Å². The van der Waals surface area contributed by atoms with Crippen molar-refractivity contribution in [1.29, 1.82) is 0 Å². The Morgan fingerprint density at radius 2 is 1.50 bits per heavy atom. The zero-order valence-electron chi connectivity index (χ0n) is 17.2. The number of hydrogen-bond donors (Lipinski definition) is 0. The number of benzene rings is 1. The molecule has 0 atom stereocenters. The second-order valence-corrected chi connectivity index (χ2v) is 7.22. The Kier molecular flexibility index (Phi) is 7.53. The zero-order valence-corrected chi connectivity index (χ0v) is 17.2. The Bertz CT molecular complexity index is 777. The summed E-state index contributed by atoms with van der Waals surface area (Å²) >= 11 is 0. The van der Waals surface area contributed by atoms with Gasteiger partial charge in [0, 0.05) is 46.3 Å². The van der Waals surface area contributed by atoms with E-state index in [1.807, 2.05) is 0 Å². The van der Waals surface area contributed by atoms with Gasteiger partial charge in [0.15, 0.2) is 0 Å². The van der Waals surface area contributed by atoms with E-state index in [9.17, 15) is 19.2 Å². The van der Waals surface area contributed by atoms with Crippen LogP contribution in [0.3, 0.4) is 0 Å². The lowest BCUT2D eigenvalue weighted by Gasteiger charge is -2.23. The number of imide groups is 1. The van der Waals surface area contributed by atoms with Gasteiger partial charge in [-0.15, -0.1) is 0 Å². The standard InChI is InChI=1S/C21H27N3O6/c1-29-13-14-30-15-19(26)23-9-4-8-22(11-12-23)18(25)7-10-24-20(27)16-5-2-3-6-17(16)21(24)28/h2-3,5-6H,4,7-15H2,1H3. The van der Waals surface area contributed by atoms with Crippen molar-refractivity contribution < 1.29 is 28.7 Å². The number of carbonyl (C=O) groups excluding carboxylic acids is 4. The lowest BCUT2D eigenvalue weighted by atomic mass is 10.1. The zero-order chi connectivity index (χ0) is 21.5. The molecule has 2 heterocycles. The van der Waals surface area contributed by atoms with Crippen LogP contribution in [0.1, 0.15) is 33.6 Å². The molecule has 1 fully saturated rings. The first-order valence-electron chi connectivity index (χ1n) is 10.1. The molecule has 1 saturated heterocycles. The highest BCUT2D eigenvalue weighted by molar-refractivity contribution is 6.21. The molecule has 162 valence electrons. The second-order valence-electron chi connectivity index (χ2n) is 7.22. The SMILES string of the molecule is COCCOCC(=O)N1CCCN(C(=O)CCN2C(=O)c3ccccc3C2=O)CC1. The minimum absolute atomic E-state index is 0.00293. The Balaban J connectivity index is 1.46. The summed E-state index contributed by atoms with van der Waals surface area (Å²) in [5, 5.41) is 0. The molecule has 9 nitrogen and oxygen atoms in total. The first kappa shape index (κ1) is 21.9. The average molecular weight is 417 g/mol. The molecule has 0 aromatic heterocycles. The molecule has 0 aliphatic carbocycles. The topological polar surface area (TPSA) is 96.5 Å². The smallest absolute Gasteiger partial charge is 0.261 e. The third kappa shape index (κ3) is 5.03. The van der Waals surface area contributed by atoms with Crippen LogP contribution in [-0.4, -0.2) is 98.0 Å². The number of amides is 4. The molecule has 0 bridgehead atoms. The number of rotatable bonds is 8. The molecule has 30 heavy (non-hydrogen) atoms. The van der Waals surface area contributed by atoms with Crippen LogP contribution in [0, 0.1) is 0 Å². The summed E-state index contributed by atoms with van der Waals surface area (Å²) in [6.45, 7) is 2.80. The Labute approximate surface area is 175 Å². The van der Waals surface area contributed by atoms with Crippen LogP contribution in [0.15, 0.2) is 24.3 Å². The number of hydrogen-bond acceptors (Lipinski definition) is 6. The van der Waals surface area contributed by atoms with Crippen molar-refractivity contribution in [2.75, 3.05) is 59.7 Å². The van der Waals surface area contributed by atoms with Gasteiger partial charge in [-0.25, -0.2) is 0 Å². The fraction of sp³-hybridized carbons (Fsp3) is 0.524. The van der Waals surface area contributed by atoms with Gasteiger partial charge in [0.05, 0.1) is 24.3 Å². The second kappa shape index (κ2) is 10.3. The molecule has 0 radical (unpaired) electrons. The van der Waals surface area contributed by atoms with Crippen LogP contribution in [0.4, 0.5) is 0 Å². The van der Waals surface area contributed by atoms with E-state index in [0.717, 1.165) is 4.90 Å². The molecule has 0 spiro atoms. The van der Waals surface area contributed by atoms with Crippen LogP contribution in [0.2, 0.25) is 0 Å². The molecule has 4 amide bonds. The first-order valence-corrected chi connectivity index (χ1v) is 10.1. The largest absolute Gasteiger partial charge is 0.382 e. The van der Waals surface area contributed by atoms with E-state index in [0.29, 0.717) is 56.9 Å². The van der Waals surface area contributed by atoms with Crippen LogP contribution in [0.25, 0.3) is 0 Å². The number of ether oxygens (including phenoxy) is 2. The molecule has 2 aliphatic rings. The van der Waals surface area contributed by atoms with E-state index in [1.165, 1.54) is 0 Å². The highest BCUT2D eigenvalue weighted by atomic mass is 16.5. The minimum atomic E-state index is -0.357. The Morgan fingerprint density at radius 3 is 2.10 bits per heavy atom. The summed E-state index contributed by atoms with van der Waals surface area (Å²) in [6.07, 6.45) is 0.738. The normalized spacial score (nSPS) is 16.6. The highest BCUT2D eigenvalue weighted by Crippen LogP contribution is 2.22. The van der Waals surface area contributed by atoms with Crippen molar-refractivity contribution in [3.8, 4) is 0 Å². The van der Waals surface area contributed by atoms with Crippen molar-refractivity contribution in [1.82, 2.24) is 14.7 Å². The summed E-state index contributed by atoms with van der Waals surface area (Å²) in [7, 11) is 1.57. The van der Waals surface area contributed by atoms with Gasteiger partial charge < -0.3 is 19.3 Å². The lowest BCUT2D eigenvalue weighted by molar-refractivity contribution is -0.137. The number of fused-ring (bicyclic) bond motifs is 1. The van der Waals surface area contributed by atoms with Crippen LogP contribution < -0.4 is 0 Å². The van der Waals surface area contributed by atoms with E-state index >= 15 is 0 Å². The van der Waals surface area contributed by atoms with Crippen LogP contribution in [0.5, 0.6) is 0 Å². The van der Waals surface area contributed by atoms with E-state index in [1.54, 1.807) is 41.2 Å². The summed E-state index contributed by atoms with van der Waals surface area (Å²) < 4.78 is 10.2. The van der Waals surface area contributed by atoms with Crippen molar-refractivity contribution >= 4 is 23.6 Å². The summed E-state index contributed by atoms with van der Waals surface area (Å²) in [5.74, 6) is -0.947. The van der Waals surface area contributed by atoms with Gasteiger partial charge in [0.25, 0.3) is 11.8 Å². The maximum Gasteiger partial charge on any atom is 0.261 e. The monoisotopic (exact) mass is 417 g/mol. The molecular weight excluding hydrogens is 390 g/mol. The van der Waals surface area contributed by atoms with Gasteiger partial charge >= 0.3 is 0 Å². The summed E-state index contributed by atoms with van der Waals surface area (Å²) in [6, 6.07) is 6.67. The van der Waals surface area contributed by atoms with Crippen LogP contribution in [-0.2, 0) is 19.1 Å². The summed E-state index contributed by atoms with van der Waals surface area (Å²) in [5.41, 5.74) is 0.762. The molecule has 2 aliphatic heterocycles. The maximum absolute atomic E-state index is 12.6. The van der Waals surface area contributed by atoms with Gasteiger partial charge in [-0.05, 0) is 18.6 Å². The molecule has 1 aromatic rings. The molecule has 9 heteroatoms. The predicted molar refractivity (Wildman–Crippen MR) is 107 cm³/mol. The fourth-order valence-electron chi connectivity index (χ4n) is 3.62. The van der Waals surface area contributed by atoms with E-state index < -0.39 is 0 Å². The Hall–Kier alpha value is -2.78. The van der Waals surface area contributed by atoms with E-state index in [4.69, 9.17) is 9.47 Å². The lowest BCUT2D eigenvalue weighted by Crippen LogP contribution is -2.40. The highest BCUT2D eigenvalue weighted by Gasteiger charge is 2.35. The van der Waals surface area contributed by atoms with Gasteiger partial charge in [0.2, 0.25) is 11.8 Å². The predicted octanol–water partition coefficient (Wildman–Crippen LogP) is 0.397. The maximum atomic E-state index is 12.6. The molecule has 3 rings (SSSR count). The first-order chi connectivity index (χ1) is 14.5. The average Bonchev–Trinajstić information content (AvgIpc) is 2.92. The van der Waals surface area contributed by atoms with Crippen molar-refractivity contribution in [3.63, 3.8) is 0 Å².